The zero-order chi connectivity index (χ0) is 19.4. The first-order valence-electron chi connectivity index (χ1n) is 8.00. The number of amides is 1. The third-order valence-corrected chi connectivity index (χ3v) is 4.60. The third kappa shape index (κ3) is 4.03. The Bertz CT molecular complexity index is 1030. The standard InChI is InChI=1S/C20H17BrN2O4/c1-26-18-10-19(27-2)16(21)8-14(18)11-22-23-20(25)15-7-12-5-3-4-6-13(12)9-17(15)24/h3-11,24H,1-2H3,(H,23,25)/b22-11+. The van der Waals surface area contributed by atoms with Crippen molar-refractivity contribution in [3.8, 4) is 17.2 Å². The molecule has 7 heteroatoms. The van der Waals surface area contributed by atoms with Gasteiger partial charge in [-0.25, -0.2) is 5.43 Å². The van der Waals surface area contributed by atoms with Crippen LogP contribution in [0.4, 0.5) is 0 Å². The van der Waals surface area contributed by atoms with Gasteiger partial charge in [0, 0.05) is 11.6 Å². The zero-order valence-corrected chi connectivity index (χ0v) is 16.3. The summed E-state index contributed by atoms with van der Waals surface area (Å²) in [6, 6.07) is 14.1. The first-order chi connectivity index (χ1) is 13.0. The maximum absolute atomic E-state index is 12.4. The van der Waals surface area contributed by atoms with E-state index in [-0.39, 0.29) is 11.3 Å². The molecule has 3 aromatic rings. The van der Waals surface area contributed by atoms with Crippen LogP contribution in [0.5, 0.6) is 17.2 Å². The predicted octanol–water partition coefficient (Wildman–Crippen LogP) is 4.09. The van der Waals surface area contributed by atoms with Gasteiger partial charge in [0.1, 0.15) is 17.2 Å². The van der Waals surface area contributed by atoms with Gasteiger partial charge in [0.15, 0.2) is 0 Å². The molecular weight excluding hydrogens is 412 g/mol. The molecule has 0 unspecified atom stereocenters. The number of methoxy groups -OCH3 is 2. The highest BCUT2D eigenvalue weighted by molar-refractivity contribution is 9.10. The van der Waals surface area contributed by atoms with Crippen LogP contribution >= 0.6 is 15.9 Å². The number of rotatable bonds is 5. The molecule has 0 radical (unpaired) electrons. The van der Waals surface area contributed by atoms with E-state index in [1.54, 1.807) is 31.4 Å². The number of ether oxygens (including phenoxy) is 2. The minimum atomic E-state index is -0.513. The molecule has 0 aromatic heterocycles. The van der Waals surface area contributed by atoms with Crippen molar-refractivity contribution in [2.75, 3.05) is 14.2 Å². The smallest absolute Gasteiger partial charge is 0.275 e. The lowest BCUT2D eigenvalue weighted by Crippen LogP contribution is -2.17. The van der Waals surface area contributed by atoms with Gasteiger partial charge in [-0.2, -0.15) is 5.10 Å². The average Bonchev–Trinajstić information content (AvgIpc) is 2.67. The summed E-state index contributed by atoms with van der Waals surface area (Å²) in [4.78, 5) is 12.4. The van der Waals surface area contributed by atoms with Crippen molar-refractivity contribution in [2.24, 2.45) is 5.10 Å². The fourth-order valence-electron chi connectivity index (χ4n) is 2.62. The number of carbonyl (C=O) groups excluding carboxylic acids is 1. The van der Waals surface area contributed by atoms with E-state index in [9.17, 15) is 9.90 Å². The summed E-state index contributed by atoms with van der Waals surface area (Å²) in [5.74, 6) is 0.544. The van der Waals surface area contributed by atoms with Crippen molar-refractivity contribution in [3.05, 3.63) is 64.1 Å². The summed E-state index contributed by atoms with van der Waals surface area (Å²) in [6.45, 7) is 0. The molecule has 0 aliphatic rings. The van der Waals surface area contributed by atoms with Crippen molar-refractivity contribution >= 4 is 38.8 Å². The van der Waals surface area contributed by atoms with Crippen LogP contribution in [0.15, 0.2) is 58.1 Å². The highest BCUT2D eigenvalue weighted by Crippen LogP contribution is 2.32. The molecule has 0 saturated carbocycles. The average molecular weight is 429 g/mol. The molecule has 0 bridgehead atoms. The normalized spacial score (nSPS) is 10.9. The molecular formula is C20H17BrN2O4. The molecule has 0 atom stereocenters. The Morgan fingerprint density at radius 1 is 1.07 bits per heavy atom. The lowest BCUT2D eigenvalue weighted by Gasteiger charge is -2.09. The number of hydrogen-bond acceptors (Lipinski definition) is 5. The largest absolute Gasteiger partial charge is 0.507 e. The van der Waals surface area contributed by atoms with Gasteiger partial charge in [-0.05, 0) is 44.9 Å². The molecule has 3 aromatic carbocycles. The highest BCUT2D eigenvalue weighted by Gasteiger charge is 2.12. The minimum Gasteiger partial charge on any atom is -0.507 e. The topological polar surface area (TPSA) is 80.2 Å². The van der Waals surface area contributed by atoms with Crippen molar-refractivity contribution in [1.29, 1.82) is 0 Å². The van der Waals surface area contributed by atoms with Gasteiger partial charge >= 0.3 is 0 Å². The van der Waals surface area contributed by atoms with Crippen molar-refractivity contribution in [1.82, 2.24) is 5.43 Å². The number of nitrogens with zero attached hydrogens (tertiary/aromatic N) is 1. The Balaban J connectivity index is 1.82. The van der Waals surface area contributed by atoms with Crippen LogP contribution in [0.1, 0.15) is 15.9 Å². The fourth-order valence-corrected chi connectivity index (χ4v) is 3.14. The number of halogens is 1. The van der Waals surface area contributed by atoms with Gasteiger partial charge in [0.25, 0.3) is 5.91 Å². The summed E-state index contributed by atoms with van der Waals surface area (Å²) in [7, 11) is 3.09. The Morgan fingerprint density at radius 3 is 2.41 bits per heavy atom. The first kappa shape index (κ1) is 18.7. The number of carbonyl (C=O) groups is 1. The lowest BCUT2D eigenvalue weighted by molar-refractivity contribution is 0.0952. The van der Waals surface area contributed by atoms with E-state index >= 15 is 0 Å². The highest BCUT2D eigenvalue weighted by atomic mass is 79.9. The Hall–Kier alpha value is -3.06. The molecule has 1 amide bonds. The lowest BCUT2D eigenvalue weighted by atomic mass is 10.1. The van der Waals surface area contributed by atoms with Crippen molar-refractivity contribution in [3.63, 3.8) is 0 Å². The molecule has 0 saturated heterocycles. The number of hydrazone groups is 1. The summed E-state index contributed by atoms with van der Waals surface area (Å²) in [6.07, 6.45) is 1.46. The van der Waals surface area contributed by atoms with Gasteiger partial charge in [-0.1, -0.05) is 24.3 Å². The van der Waals surface area contributed by atoms with E-state index in [2.05, 4.69) is 26.5 Å². The summed E-state index contributed by atoms with van der Waals surface area (Å²) in [5, 5.41) is 15.8. The number of nitrogens with one attached hydrogen (secondary N) is 1. The maximum Gasteiger partial charge on any atom is 0.275 e. The Kier molecular flexibility index (Phi) is 5.61. The molecule has 0 aliphatic carbocycles. The number of phenols is 1. The van der Waals surface area contributed by atoms with Crippen LogP contribution in [0.25, 0.3) is 10.8 Å². The van der Waals surface area contributed by atoms with E-state index in [0.29, 0.717) is 17.1 Å². The molecule has 6 nitrogen and oxygen atoms in total. The monoisotopic (exact) mass is 428 g/mol. The first-order valence-corrected chi connectivity index (χ1v) is 8.79. The number of aromatic hydroxyl groups is 1. The zero-order valence-electron chi connectivity index (χ0n) is 14.7. The molecule has 0 fully saturated rings. The van der Waals surface area contributed by atoms with Crippen LogP contribution in [0.3, 0.4) is 0 Å². The van der Waals surface area contributed by atoms with Crippen LogP contribution < -0.4 is 14.9 Å². The van der Waals surface area contributed by atoms with E-state index in [4.69, 9.17) is 9.47 Å². The van der Waals surface area contributed by atoms with Gasteiger partial charge in [-0.15, -0.1) is 0 Å². The molecule has 0 aliphatic heterocycles. The molecule has 0 heterocycles. The number of benzene rings is 3. The van der Waals surface area contributed by atoms with E-state index in [0.717, 1.165) is 15.2 Å². The summed E-state index contributed by atoms with van der Waals surface area (Å²) in [5.41, 5.74) is 3.21. The quantitative estimate of drug-likeness (QED) is 0.473. The third-order valence-electron chi connectivity index (χ3n) is 3.98. The molecule has 2 N–H and O–H groups in total. The van der Waals surface area contributed by atoms with Gasteiger partial charge in [0.05, 0.1) is 30.5 Å². The second-order valence-corrected chi connectivity index (χ2v) is 6.50. The fraction of sp³-hybridized carbons (Fsp3) is 0.100. The number of phenolic OH excluding ortho intramolecular Hbond substituents is 1. The Morgan fingerprint density at radius 2 is 1.74 bits per heavy atom. The van der Waals surface area contributed by atoms with Crippen molar-refractivity contribution < 1.29 is 19.4 Å². The maximum atomic E-state index is 12.4. The van der Waals surface area contributed by atoms with Gasteiger partial charge < -0.3 is 14.6 Å². The van der Waals surface area contributed by atoms with E-state index < -0.39 is 5.91 Å². The second kappa shape index (κ2) is 8.09. The van der Waals surface area contributed by atoms with Crippen LogP contribution in [-0.2, 0) is 0 Å². The second-order valence-electron chi connectivity index (χ2n) is 5.64. The van der Waals surface area contributed by atoms with Crippen LogP contribution in [0.2, 0.25) is 0 Å². The SMILES string of the molecule is COc1cc(OC)c(/C=N/NC(=O)c2cc3ccccc3cc2O)cc1Br. The summed E-state index contributed by atoms with van der Waals surface area (Å²) < 4.78 is 11.3. The molecule has 138 valence electrons. The van der Waals surface area contributed by atoms with Crippen LogP contribution in [-0.4, -0.2) is 31.4 Å². The van der Waals surface area contributed by atoms with E-state index in [1.165, 1.54) is 13.3 Å². The van der Waals surface area contributed by atoms with E-state index in [1.807, 2.05) is 24.3 Å². The van der Waals surface area contributed by atoms with Gasteiger partial charge in [0.2, 0.25) is 0 Å². The number of fused-ring (bicyclic) bond motifs is 1. The number of hydrogen-bond donors (Lipinski definition) is 2. The van der Waals surface area contributed by atoms with Crippen molar-refractivity contribution in [2.45, 2.75) is 0 Å². The molecule has 0 spiro atoms. The molecule has 3 rings (SSSR count). The summed E-state index contributed by atoms with van der Waals surface area (Å²) >= 11 is 3.40. The molecule has 27 heavy (non-hydrogen) atoms. The van der Waals surface area contributed by atoms with Gasteiger partial charge in [-0.3, -0.25) is 4.79 Å². The minimum absolute atomic E-state index is 0.105. The predicted molar refractivity (Wildman–Crippen MR) is 108 cm³/mol. The Labute approximate surface area is 164 Å². The van der Waals surface area contributed by atoms with Crippen LogP contribution in [0, 0.1) is 0 Å².